The van der Waals surface area contributed by atoms with Crippen LogP contribution in [0, 0.1) is 0 Å². The molecule has 0 aliphatic carbocycles. The van der Waals surface area contributed by atoms with E-state index >= 15 is 0 Å². The number of ether oxygens (including phenoxy) is 1. The molecule has 2 nitrogen and oxygen atoms in total. The van der Waals surface area contributed by atoms with Crippen LogP contribution in [-0.2, 0) is 17.9 Å². The summed E-state index contributed by atoms with van der Waals surface area (Å²) in [4.78, 5) is 0. The van der Waals surface area contributed by atoms with Crippen LogP contribution in [0.4, 0.5) is 5.69 Å². The van der Waals surface area contributed by atoms with Crippen molar-refractivity contribution in [1.29, 1.82) is 0 Å². The van der Waals surface area contributed by atoms with Gasteiger partial charge in [0.2, 0.25) is 0 Å². The maximum absolute atomic E-state index is 5.09. The average molecular weight is 306 g/mol. The Bertz CT molecular complexity index is 479. The van der Waals surface area contributed by atoms with Crippen molar-refractivity contribution in [3.63, 3.8) is 0 Å². The highest BCUT2D eigenvalue weighted by Crippen LogP contribution is 2.15. The van der Waals surface area contributed by atoms with Crippen molar-refractivity contribution in [2.75, 3.05) is 12.4 Å². The minimum Gasteiger partial charge on any atom is -0.381 e. The molecule has 0 bridgehead atoms. The molecule has 0 atom stereocenters. The zero-order valence-electron chi connectivity index (χ0n) is 10.3. The summed E-state index contributed by atoms with van der Waals surface area (Å²) in [6, 6.07) is 16.6. The summed E-state index contributed by atoms with van der Waals surface area (Å²) in [5.41, 5.74) is 3.59. The van der Waals surface area contributed by atoms with Gasteiger partial charge in [0.05, 0.1) is 6.61 Å². The number of hydrogen-bond acceptors (Lipinski definition) is 2. The molecule has 2 aromatic carbocycles. The number of halogens is 1. The Balaban J connectivity index is 1.91. The topological polar surface area (TPSA) is 21.3 Å². The SMILES string of the molecule is COCc1ccc(CNc2ccc(Br)cc2)cc1. The second-order valence-corrected chi connectivity index (χ2v) is 5.03. The van der Waals surface area contributed by atoms with Gasteiger partial charge in [0, 0.05) is 23.8 Å². The van der Waals surface area contributed by atoms with E-state index in [1.165, 1.54) is 11.1 Å². The molecule has 94 valence electrons. The molecule has 0 aliphatic rings. The first-order valence-electron chi connectivity index (χ1n) is 5.84. The third-order valence-corrected chi connectivity index (χ3v) is 3.20. The van der Waals surface area contributed by atoms with Gasteiger partial charge < -0.3 is 10.1 Å². The fraction of sp³-hybridized carbons (Fsp3) is 0.200. The predicted molar refractivity (Wildman–Crippen MR) is 78.6 cm³/mol. The summed E-state index contributed by atoms with van der Waals surface area (Å²) in [6.45, 7) is 1.50. The molecular weight excluding hydrogens is 290 g/mol. The molecule has 18 heavy (non-hydrogen) atoms. The highest BCUT2D eigenvalue weighted by molar-refractivity contribution is 9.10. The largest absolute Gasteiger partial charge is 0.381 e. The number of rotatable bonds is 5. The Morgan fingerprint density at radius 3 is 2.17 bits per heavy atom. The number of anilines is 1. The lowest BCUT2D eigenvalue weighted by molar-refractivity contribution is 0.185. The number of benzene rings is 2. The van der Waals surface area contributed by atoms with Gasteiger partial charge in [-0.25, -0.2) is 0 Å². The first kappa shape index (κ1) is 13.1. The van der Waals surface area contributed by atoms with Crippen molar-refractivity contribution in [3.8, 4) is 0 Å². The normalized spacial score (nSPS) is 10.3. The highest BCUT2D eigenvalue weighted by atomic mass is 79.9. The molecule has 0 saturated carbocycles. The third kappa shape index (κ3) is 3.86. The summed E-state index contributed by atoms with van der Waals surface area (Å²) in [5, 5.41) is 3.39. The molecule has 1 N–H and O–H groups in total. The van der Waals surface area contributed by atoms with Crippen LogP contribution >= 0.6 is 15.9 Å². The first-order valence-corrected chi connectivity index (χ1v) is 6.63. The van der Waals surface area contributed by atoms with Gasteiger partial charge in [0.1, 0.15) is 0 Å². The average Bonchev–Trinajstić information content (AvgIpc) is 2.40. The van der Waals surface area contributed by atoms with Gasteiger partial charge in [0.25, 0.3) is 0 Å². The van der Waals surface area contributed by atoms with E-state index in [-0.39, 0.29) is 0 Å². The zero-order valence-corrected chi connectivity index (χ0v) is 11.9. The second-order valence-electron chi connectivity index (χ2n) is 4.11. The van der Waals surface area contributed by atoms with Crippen LogP contribution in [0.5, 0.6) is 0 Å². The Kier molecular flexibility index (Phi) is 4.79. The van der Waals surface area contributed by atoms with Crippen molar-refractivity contribution >= 4 is 21.6 Å². The summed E-state index contributed by atoms with van der Waals surface area (Å²) in [5.74, 6) is 0. The van der Waals surface area contributed by atoms with E-state index in [4.69, 9.17) is 4.74 Å². The van der Waals surface area contributed by atoms with Crippen LogP contribution < -0.4 is 5.32 Å². The van der Waals surface area contributed by atoms with Gasteiger partial charge in [0.15, 0.2) is 0 Å². The lowest BCUT2D eigenvalue weighted by atomic mass is 10.1. The Labute approximate surface area is 116 Å². The first-order chi connectivity index (χ1) is 8.78. The lowest BCUT2D eigenvalue weighted by Crippen LogP contribution is -1.99. The van der Waals surface area contributed by atoms with E-state index in [9.17, 15) is 0 Å². The van der Waals surface area contributed by atoms with Crippen LogP contribution in [0.3, 0.4) is 0 Å². The van der Waals surface area contributed by atoms with Crippen LogP contribution in [0.25, 0.3) is 0 Å². The molecule has 0 heterocycles. The maximum atomic E-state index is 5.09. The van der Waals surface area contributed by atoms with E-state index < -0.39 is 0 Å². The quantitative estimate of drug-likeness (QED) is 0.893. The predicted octanol–water partition coefficient (Wildman–Crippen LogP) is 4.21. The van der Waals surface area contributed by atoms with E-state index in [1.807, 2.05) is 12.1 Å². The minimum atomic E-state index is 0.667. The Hall–Kier alpha value is -1.32. The number of nitrogens with one attached hydrogen (secondary N) is 1. The number of methoxy groups -OCH3 is 1. The van der Waals surface area contributed by atoms with E-state index in [1.54, 1.807) is 7.11 Å². The van der Waals surface area contributed by atoms with Gasteiger partial charge in [-0.2, -0.15) is 0 Å². The van der Waals surface area contributed by atoms with Gasteiger partial charge in [-0.05, 0) is 35.4 Å². The smallest absolute Gasteiger partial charge is 0.0713 e. The molecule has 0 radical (unpaired) electrons. The number of hydrogen-bond donors (Lipinski definition) is 1. The molecule has 0 fully saturated rings. The van der Waals surface area contributed by atoms with Crippen molar-refractivity contribution in [2.24, 2.45) is 0 Å². The van der Waals surface area contributed by atoms with Crippen LogP contribution in [0.2, 0.25) is 0 Å². The molecule has 3 heteroatoms. The molecule has 2 aromatic rings. The lowest BCUT2D eigenvalue weighted by Gasteiger charge is -2.07. The zero-order chi connectivity index (χ0) is 12.8. The van der Waals surface area contributed by atoms with Crippen molar-refractivity contribution in [3.05, 3.63) is 64.1 Å². The molecular formula is C15H16BrNO. The molecule has 0 spiro atoms. The third-order valence-electron chi connectivity index (χ3n) is 2.67. The highest BCUT2D eigenvalue weighted by Gasteiger charge is 1.96. The van der Waals surface area contributed by atoms with E-state index in [2.05, 4.69) is 57.6 Å². The molecule has 0 amide bonds. The van der Waals surface area contributed by atoms with Gasteiger partial charge in [-0.15, -0.1) is 0 Å². The fourth-order valence-electron chi connectivity index (χ4n) is 1.69. The van der Waals surface area contributed by atoms with E-state index in [0.717, 1.165) is 16.7 Å². The second kappa shape index (κ2) is 6.57. The van der Waals surface area contributed by atoms with Crippen LogP contribution in [-0.4, -0.2) is 7.11 Å². The van der Waals surface area contributed by atoms with Gasteiger partial charge in [-0.1, -0.05) is 40.2 Å². The summed E-state index contributed by atoms with van der Waals surface area (Å²) >= 11 is 3.42. The molecule has 0 aromatic heterocycles. The van der Waals surface area contributed by atoms with Crippen molar-refractivity contribution < 1.29 is 4.74 Å². The van der Waals surface area contributed by atoms with Crippen LogP contribution in [0.1, 0.15) is 11.1 Å². The minimum absolute atomic E-state index is 0.667. The molecule has 0 saturated heterocycles. The summed E-state index contributed by atoms with van der Waals surface area (Å²) in [7, 11) is 1.71. The van der Waals surface area contributed by atoms with Crippen molar-refractivity contribution in [1.82, 2.24) is 0 Å². The van der Waals surface area contributed by atoms with Crippen LogP contribution in [0.15, 0.2) is 53.0 Å². The maximum Gasteiger partial charge on any atom is 0.0713 e. The Morgan fingerprint density at radius 1 is 0.944 bits per heavy atom. The standard InChI is InChI=1S/C15H16BrNO/c1-18-11-13-4-2-12(3-5-13)10-17-15-8-6-14(16)7-9-15/h2-9,17H,10-11H2,1H3. The van der Waals surface area contributed by atoms with Crippen molar-refractivity contribution in [2.45, 2.75) is 13.2 Å². The van der Waals surface area contributed by atoms with E-state index in [0.29, 0.717) is 6.61 Å². The summed E-state index contributed by atoms with van der Waals surface area (Å²) in [6.07, 6.45) is 0. The fourth-order valence-corrected chi connectivity index (χ4v) is 1.96. The van der Waals surface area contributed by atoms with Gasteiger partial charge in [-0.3, -0.25) is 0 Å². The summed E-state index contributed by atoms with van der Waals surface area (Å²) < 4.78 is 6.18. The Morgan fingerprint density at radius 2 is 1.56 bits per heavy atom. The monoisotopic (exact) mass is 305 g/mol. The molecule has 0 unspecified atom stereocenters. The molecule has 0 aliphatic heterocycles. The molecule has 2 rings (SSSR count). The van der Waals surface area contributed by atoms with Gasteiger partial charge >= 0.3 is 0 Å².